The zero-order chi connectivity index (χ0) is 23.5. The Balaban J connectivity index is 1.45. The Hall–Kier alpha value is -2.72. The van der Waals surface area contributed by atoms with Crippen LogP contribution in [0, 0.1) is 5.92 Å². The predicted octanol–water partition coefficient (Wildman–Crippen LogP) is 6.53. The molecule has 0 saturated heterocycles. The van der Waals surface area contributed by atoms with Gasteiger partial charge in [0.1, 0.15) is 5.75 Å². The first kappa shape index (κ1) is 23.0. The third kappa shape index (κ3) is 4.74. The molecule has 1 saturated carbocycles. The summed E-state index contributed by atoms with van der Waals surface area (Å²) in [5.41, 5.74) is 7.25. The number of ether oxygens (including phenoxy) is 1. The lowest BCUT2D eigenvalue weighted by Crippen LogP contribution is -2.30. The number of hydrogen-bond donors (Lipinski definition) is 1. The van der Waals surface area contributed by atoms with Crippen molar-refractivity contribution >= 4 is 17.5 Å². The highest BCUT2D eigenvalue weighted by Gasteiger charge is 2.25. The number of halogens is 1. The van der Waals surface area contributed by atoms with Gasteiger partial charge in [-0.3, -0.25) is 4.79 Å². The standard InChI is InChI=1S/C29H33ClN2O2/c1-34-27-18-23(30)13-15-26(27)32-24(14-16-28(33)31-19-20-7-3-2-4-8-20)17-22-12-11-21-9-5-6-10-25(21)29(22)32/h5-6,9-10,13,15,17-18,20H,2-4,7-8,11-12,14,16,19H2,1H3,(H,31,33). The average Bonchev–Trinajstić information content (AvgIpc) is 3.25. The van der Waals surface area contributed by atoms with Crippen LogP contribution >= 0.6 is 11.6 Å². The zero-order valence-corrected chi connectivity index (χ0v) is 20.7. The van der Waals surface area contributed by atoms with Gasteiger partial charge in [-0.1, -0.05) is 55.1 Å². The Morgan fingerprint density at radius 2 is 1.85 bits per heavy atom. The van der Waals surface area contributed by atoms with Crippen LogP contribution in [0.4, 0.5) is 0 Å². The van der Waals surface area contributed by atoms with Gasteiger partial charge in [-0.15, -0.1) is 0 Å². The van der Waals surface area contributed by atoms with Crippen LogP contribution in [0.1, 0.15) is 55.3 Å². The van der Waals surface area contributed by atoms with Crippen molar-refractivity contribution in [2.24, 2.45) is 5.92 Å². The number of nitrogens with zero attached hydrogens (tertiary/aromatic N) is 1. The lowest BCUT2D eigenvalue weighted by molar-refractivity contribution is -0.121. The molecule has 5 heteroatoms. The number of aryl methyl sites for hydroxylation is 3. The SMILES string of the molecule is COc1cc(Cl)ccc1-n1c(CCC(=O)NCC2CCCCC2)cc2c1-c1ccccc1CC2. The van der Waals surface area contributed by atoms with Crippen molar-refractivity contribution in [3.8, 4) is 22.7 Å². The molecule has 1 heterocycles. The minimum Gasteiger partial charge on any atom is -0.495 e. The molecule has 2 aliphatic carbocycles. The second kappa shape index (κ2) is 10.3. The molecule has 34 heavy (non-hydrogen) atoms. The lowest BCUT2D eigenvalue weighted by atomic mass is 9.89. The lowest BCUT2D eigenvalue weighted by Gasteiger charge is -2.22. The summed E-state index contributed by atoms with van der Waals surface area (Å²) >= 11 is 6.28. The highest BCUT2D eigenvalue weighted by Crippen LogP contribution is 2.40. The number of carbonyl (C=O) groups excluding carboxylic acids is 1. The van der Waals surface area contributed by atoms with Crippen molar-refractivity contribution in [1.29, 1.82) is 0 Å². The number of amides is 1. The van der Waals surface area contributed by atoms with Gasteiger partial charge in [-0.2, -0.15) is 0 Å². The summed E-state index contributed by atoms with van der Waals surface area (Å²) in [4.78, 5) is 12.8. The third-order valence-corrected chi connectivity index (χ3v) is 7.63. The van der Waals surface area contributed by atoms with Gasteiger partial charge in [0.05, 0.1) is 18.5 Å². The molecule has 5 rings (SSSR count). The number of aromatic nitrogens is 1. The van der Waals surface area contributed by atoms with Gasteiger partial charge < -0.3 is 14.6 Å². The molecule has 0 aliphatic heterocycles. The van der Waals surface area contributed by atoms with E-state index in [4.69, 9.17) is 16.3 Å². The van der Waals surface area contributed by atoms with Crippen LogP contribution in [0.15, 0.2) is 48.5 Å². The molecule has 3 aromatic rings. The third-order valence-electron chi connectivity index (χ3n) is 7.40. The monoisotopic (exact) mass is 476 g/mol. The predicted molar refractivity (Wildman–Crippen MR) is 138 cm³/mol. The van der Waals surface area contributed by atoms with Gasteiger partial charge in [-0.25, -0.2) is 0 Å². The number of benzene rings is 2. The molecule has 1 fully saturated rings. The van der Waals surface area contributed by atoms with E-state index in [1.54, 1.807) is 7.11 Å². The average molecular weight is 477 g/mol. The van der Waals surface area contributed by atoms with E-state index in [1.807, 2.05) is 18.2 Å². The Bertz CT molecular complexity index is 1180. The summed E-state index contributed by atoms with van der Waals surface area (Å²) in [6, 6.07) is 16.7. The van der Waals surface area contributed by atoms with E-state index in [0.29, 0.717) is 23.8 Å². The summed E-state index contributed by atoms with van der Waals surface area (Å²) < 4.78 is 8.02. The smallest absolute Gasteiger partial charge is 0.220 e. The van der Waals surface area contributed by atoms with E-state index in [-0.39, 0.29) is 5.91 Å². The Kier molecular flexibility index (Phi) is 6.96. The van der Waals surface area contributed by atoms with E-state index in [0.717, 1.165) is 36.5 Å². The number of nitrogens with one attached hydrogen (secondary N) is 1. The number of rotatable bonds is 7. The van der Waals surface area contributed by atoms with Gasteiger partial charge in [0.25, 0.3) is 0 Å². The molecule has 4 nitrogen and oxygen atoms in total. The largest absolute Gasteiger partial charge is 0.495 e. The second-order valence-corrected chi connectivity index (χ2v) is 10.1. The minimum absolute atomic E-state index is 0.139. The van der Waals surface area contributed by atoms with Crippen molar-refractivity contribution in [1.82, 2.24) is 9.88 Å². The Morgan fingerprint density at radius 1 is 1.06 bits per heavy atom. The second-order valence-electron chi connectivity index (χ2n) is 9.63. The van der Waals surface area contributed by atoms with Crippen LogP contribution in [-0.2, 0) is 24.1 Å². The summed E-state index contributed by atoms with van der Waals surface area (Å²) in [5.74, 6) is 1.51. The molecule has 0 unspecified atom stereocenters. The first-order valence-corrected chi connectivity index (χ1v) is 12.9. The van der Waals surface area contributed by atoms with Crippen LogP contribution in [0.25, 0.3) is 16.9 Å². The van der Waals surface area contributed by atoms with Gasteiger partial charge >= 0.3 is 0 Å². The molecule has 0 spiro atoms. The normalized spacial score (nSPS) is 15.5. The summed E-state index contributed by atoms with van der Waals surface area (Å²) in [6.45, 7) is 0.814. The van der Waals surface area contributed by atoms with Crippen molar-refractivity contribution < 1.29 is 9.53 Å². The maximum absolute atomic E-state index is 12.8. The number of fused-ring (bicyclic) bond motifs is 3. The van der Waals surface area contributed by atoms with Crippen molar-refractivity contribution in [2.45, 2.75) is 57.8 Å². The molecule has 1 N–H and O–H groups in total. The van der Waals surface area contributed by atoms with Crippen molar-refractivity contribution in [3.63, 3.8) is 0 Å². The van der Waals surface area contributed by atoms with Crippen LogP contribution in [-0.4, -0.2) is 24.1 Å². The van der Waals surface area contributed by atoms with E-state index < -0.39 is 0 Å². The van der Waals surface area contributed by atoms with Crippen molar-refractivity contribution in [2.75, 3.05) is 13.7 Å². The van der Waals surface area contributed by atoms with Crippen LogP contribution in [0.3, 0.4) is 0 Å². The maximum atomic E-state index is 12.8. The molecule has 2 aliphatic rings. The van der Waals surface area contributed by atoms with E-state index >= 15 is 0 Å². The molecule has 0 bridgehead atoms. The summed E-state index contributed by atoms with van der Waals surface area (Å²) in [5, 5.41) is 3.84. The fraction of sp³-hybridized carbons (Fsp3) is 0.414. The van der Waals surface area contributed by atoms with Gasteiger partial charge in [0, 0.05) is 35.3 Å². The minimum atomic E-state index is 0.139. The van der Waals surface area contributed by atoms with Crippen LogP contribution in [0.5, 0.6) is 5.75 Å². The highest BCUT2D eigenvalue weighted by atomic mass is 35.5. The highest BCUT2D eigenvalue weighted by molar-refractivity contribution is 6.30. The molecule has 1 aromatic heterocycles. The number of carbonyl (C=O) groups is 1. The fourth-order valence-corrected chi connectivity index (χ4v) is 5.78. The molecule has 1 amide bonds. The fourth-order valence-electron chi connectivity index (χ4n) is 5.62. The molecular formula is C29H33ClN2O2. The van der Waals surface area contributed by atoms with Gasteiger partial charge in [-0.05, 0) is 67.3 Å². The maximum Gasteiger partial charge on any atom is 0.220 e. The molecule has 2 aromatic carbocycles. The summed E-state index contributed by atoms with van der Waals surface area (Å²) in [7, 11) is 1.68. The van der Waals surface area contributed by atoms with Gasteiger partial charge in [0.2, 0.25) is 5.91 Å². The van der Waals surface area contributed by atoms with E-state index in [1.165, 1.54) is 54.5 Å². The quantitative estimate of drug-likeness (QED) is 0.421. The molecule has 178 valence electrons. The van der Waals surface area contributed by atoms with E-state index in [9.17, 15) is 4.79 Å². The number of methoxy groups -OCH3 is 1. The number of hydrogen-bond acceptors (Lipinski definition) is 2. The van der Waals surface area contributed by atoms with Crippen molar-refractivity contribution in [3.05, 3.63) is 70.4 Å². The Morgan fingerprint density at radius 3 is 2.68 bits per heavy atom. The zero-order valence-electron chi connectivity index (χ0n) is 19.9. The van der Waals surface area contributed by atoms with Crippen LogP contribution in [0.2, 0.25) is 5.02 Å². The molecule has 0 atom stereocenters. The first-order chi connectivity index (χ1) is 16.6. The van der Waals surface area contributed by atoms with Gasteiger partial charge in [0.15, 0.2) is 0 Å². The summed E-state index contributed by atoms with van der Waals surface area (Å²) in [6.07, 6.45) is 9.60. The topological polar surface area (TPSA) is 43.3 Å². The van der Waals surface area contributed by atoms with Crippen LogP contribution < -0.4 is 10.1 Å². The molecular weight excluding hydrogens is 444 g/mol. The van der Waals surface area contributed by atoms with E-state index in [2.05, 4.69) is 40.2 Å². The first-order valence-electron chi connectivity index (χ1n) is 12.6. The molecule has 0 radical (unpaired) electrons. The Labute approximate surface area is 207 Å².